The van der Waals surface area contributed by atoms with E-state index in [4.69, 9.17) is 23.9 Å². The van der Waals surface area contributed by atoms with Crippen LogP contribution in [0.4, 0.5) is 4.39 Å². The van der Waals surface area contributed by atoms with Gasteiger partial charge in [-0.05, 0) is 11.1 Å². The molecule has 0 saturated carbocycles. The largest absolute Gasteiger partial charge is 0.391 e. The molecule has 1 aromatic rings. The zero-order valence-electron chi connectivity index (χ0n) is 18.5. The second kappa shape index (κ2) is 8.57. The van der Waals surface area contributed by atoms with Crippen molar-refractivity contribution in [1.82, 2.24) is 0 Å². The molecular formula is C21H32FN3O4Si. The van der Waals surface area contributed by atoms with Crippen LogP contribution in [0.3, 0.4) is 0 Å². The molecular weight excluding hydrogens is 405 g/mol. The molecule has 2 aliphatic rings. The van der Waals surface area contributed by atoms with Crippen LogP contribution in [-0.4, -0.2) is 45.9 Å². The number of alkyl halides is 1. The molecule has 3 rings (SSSR count). The lowest BCUT2D eigenvalue weighted by Crippen LogP contribution is -2.62. The molecule has 1 aromatic carbocycles. The van der Waals surface area contributed by atoms with Crippen LogP contribution in [0.5, 0.6) is 0 Å². The van der Waals surface area contributed by atoms with Gasteiger partial charge in [-0.15, -0.1) is 0 Å². The quantitative estimate of drug-likeness (QED) is 0.273. The number of fused-ring (bicyclic) bond motifs is 2. The topological polar surface area (TPSA) is 85.7 Å². The molecule has 5 atom stereocenters. The lowest BCUT2D eigenvalue weighted by Gasteiger charge is -2.50. The van der Waals surface area contributed by atoms with Gasteiger partial charge >= 0.3 is 8.56 Å². The van der Waals surface area contributed by atoms with E-state index in [1.807, 2.05) is 30.3 Å². The fourth-order valence-electron chi connectivity index (χ4n) is 4.63. The maximum atomic E-state index is 14.9. The van der Waals surface area contributed by atoms with Crippen molar-refractivity contribution in [3.8, 4) is 0 Å². The molecule has 2 saturated heterocycles. The number of nitrogens with zero attached hydrogens (tertiary/aromatic N) is 3. The zero-order chi connectivity index (χ0) is 22.2. The maximum Gasteiger partial charge on any atom is 0.349 e. The van der Waals surface area contributed by atoms with Crippen molar-refractivity contribution >= 4 is 8.56 Å². The van der Waals surface area contributed by atoms with E-state index in [-0.39, 0.29) is 16.7 Å². The summed E-state index contributed by atoms with van der Waals surface area (Å²) in [6.45, 7) is 13.0. The van der Waals surface area contributed by atoms with Crippen molar-refractivity contribution in [3.63, 3.8) is 0 Å². The first kappa shape index (κ1) is 23.2. The van der Waals surface area contributed by atoms with Gasteiger partial charge in [-0.1, -0.05) is 77.0 Å². The third-order valence-corrected chi connectivity index (χ3v) is 10.9. The average molecular weight is 438 g/mol. The Hall–Kier alpha value is -1.48. The minimum Gasteiger partial charge on any atom is -0.391 e. The standard InChI is InChI=1S/C21H32FN3O4Si/c1-20(2,3)30(21(4,5)6)27-13-15-17(26-12-14-10-8-7-9-11-14)18(29-30)16(24-25-23)19(22)28-15/h7-11,15-19H,12-13H2,1-6H3/t15-,16-,17-,18-,19+/m1/s1. The van der Waals surface area contributed by atoms with E-state index >= 15 is 0 Å². The van der Waals surface area contributed by atoms with Crippen molar-refractivity contribution < 1.29 is 22.7 Å². The molecule has 0 aromatic heterocycles. The Morgan fingerprint density at radius 2 is 1.80 bits per heavy atom. The molecule has 2 bridgehead atoms. The van der Waals surface area contributed by atoms with Crippen LogP contribution >= 0.6 is 0 Å². The summed E-state index contributed by atoms with van der Waals surface area (Å²) in [7, 11) is -2.98. The smallest absolute Gasteiger partial charge is 0.349 e. The number of hydrogen-bond donors (Lipinski definition) is 0. The summed E-state index contributed by atoms with van der Waals surface area (Å²) < 4.78 is 39.9. The van der Waals surface area contributed by atoms with Gasteiger partial charge in [0, 0.05) is 15.0 Å². The number of benzene rings is 1. The van der Waals surface area contributed by atoms with Crippen LogP contribution in [0, 0.1) is 0 Å². The monoisotopic (exact) mass is 437 g/mol. The van der Waals surface area contributed by atoms with Crippen molar-refractivity contribution in [2.24, 2.45) is 5.11 Å². The van der Waals surface area contributed by atoms with Crippen LogP contribution in [0.15, 0.2) is 35.4 Å². The van der Waals surface area contributed by atoms with E-state index in [1.165, 1.54) is 0 Å². The first-order valence-electron chi connectivity index (χ1n) is 10.3. The number of azide groups is 1. The summed E-state index contributed by atoms with van der Waals surface area (Å²) in [4.78, 5) is 2.86. The van der Waals surface area contributed by atoms with E-state index in [1.54, 1.807) is 0 Å². The van der Waals surface area contributed by atoms with Gasteiger partial charge in [0.1, 0.15) is 18.2 Å². The predicted octanol–water partition coefficient (Wildman–Crippen LogP) is 5.40. The zero-order valence-corrected chi connectivity index (χ0v) is 19.5. The van der Waals surface area contributed by atoms with Gasteiger partial charge in [0.05, 0.1) is 19.3 Å². The van der Waals surface area contributed by atoms with Crippen molar-refractivity contribution in [1.29, 1.82) is 0 Å². The number of halogens is 1. The Labute approximate surface area is 178 Å². The normalized spacial score (nSPS) is 31.5. The Morgan fingerprint density at radius 3 is 2.37 bits per heavy atom. The molecule has 0 aliphatic carbocycles. The number of hydrogen-bond acceptors (Lipinski definition) is 5. The molecule has 166 valence electrons. The van der Waals surface area contributed by atoms with Gasteiger partial charge in [-0.3, -0.25) is 0 Å². The second-order valence-electron chi connectivity index (χ2n) is 9.99. The molecule has 0 N–H and O–H groups in total. The lowest BCUT2D eigenvalue weighted by atomic mass is 9.98. The highest BCUT2D eigenvalue weighted by Gasteiger charge is 2.64. The van der Waals surface area contributed by atoms with E-state index in [9.17, 15) is 4.39 Å². The minimum atomic E-state index is -2.98. The average Bonchev–Trinajstić information content (AvgIpc) is 2.78. The fraction of sp³-hybridized carbons (Fsp3) is 0.714. The van der Waals surface area contributed by atoms with Crippen LogP contribution in [0.1, 0.15) is 47.1 Å². The molecule has 2 fully saturated rings. The number of ether oxygens (including phenoxy) is 2. The second-order valence-corrected chi connectivity index (χ2v) is 14.8. The van der Waals surface area contributed by atoms with Gasteiger partial charge in [0.15, 0.2) is 0 Å². The summed E-state index contributed by atoms with van der Waals surface area (Å²) in [6, 6.07) is 8.56. The molecule has 30 heavy (non-hydrogen) atoms. The van der Waals surface area contributed by atoms with Crippen LogP contribution in [0.25, 0.3) is 10.4 Å². The Morgan fingerprint density at radius 1 is 1.17 bits per heavy atom. The van der Waals surface area contributed by atoms with Crippen molar-refractivity contribution in [3.05, 3.63) is 46.3 Å². The summed E-state index contributed by atoms with van der Waals surface area (Å²) in [5.74, 6) is 0. The third-order valence-electron chi connectivity index (χ3n) is 5.80. The summed E-state index contributed by atoms with van der Waals surface area (Å²) in [6.07, 6.45) is -3.85. The first-order valence-corrected chi connectivity index (χ1v) is 12.1. The van der Waals surface area contributed by atoms with Gasteiger partial charge < -0.3 is 18.3 Å². The van der Waals surface area contributed by atoms with Gasteiger partial charge in [0.25, 0.3) is 0 Å². The Kier molecular flexibility index (Phi) is 6.62. The van der Waals surface area contributed by atoms with E-state index in [0.717, 1.165) is 5.56 Å². The molecule has 0 unspecified atom stereocenters. The van der Waals surface area contributed by atoms with Gasteiger partial charge in [-0.25, -0.2) is 4.39 Å². The lowest BCUT2D eigenvalue weighted by molar-refractivity contribution is -0.223. The van der Waals surface area contributed by atoms with Crippen molar-refractivity contribution in [2.45, 2.75) is 88.9 Å². The minimum absolute atomic E-state index is 0.167. The number of rotatable bonds is 4. The van der Waals surface area contributed by atoms with Crippen LogP contribution in [0.2, 0.25) is 10.1 Å². The van der Waals surface area contributed by atoms with Crippen LogP contribution < -0.4 is 0 Å². The van der Waals surface area contributed by atoms with Crippen LogP contribution in [-0.2, 0) is 24.9 Å². The molecule has 0 spiro atoms. The molecule has 9 heteroatoms. The molecule has 7 nitrogen and oxygen atoms in total. The summed E-state index contributed by atoms with van der Waals surface area (Å²) in [5.41, 5.74) is 10.0. The van der Waals surface area contributed by atoms with Gasteiger partial charge in [0.2, 0.25) is 6.36 Å². The highest BCUT2D eigenvalue weighted by molar-refractivity contribution is 6.73. The molecule has 2 heterocycles. The highest BCUT2D eigenvalue weighted by atomic mass is 28.4. The SMILES string of the molecule is CC(C)(C)[Si]1(C(C)(C)C)OC[C@H]2O[C@H](F)[C@H](N=[N+]=[N-])[C@@H](O1)[C@@H]2OCc1ccccc1. The summed E-state index contributed by atoms with van der Waals surface area (Å²) >= 11 is 0. The first-order chi connectivity index (χ1) is 14.0. The van der Waals surface area contributed by atoms with E-state index in [2.05, 4.69) is 51.6 Å². The Bertz CT molecular complexity index is 763. The predicted molar refractivity (Wildman–Crippen MR) is 114 cm³/mol. The molecule has 2 aliphatic heterocycles. The molecule has 0 radical (unpaired) electrons. The van der Waals surface area contributed by atoms with E-state index < -0.39 is 39.3 Å². The third kappa shape index (κ3) is 4.28. The fourth-order valence-corrected chi connectivity index (χ4v) is 9.58. The van der Waals surface area contributed by atoms with Crippen molar-refractivity contribution in [2.75, 3.05) is 6.61 Å². The summed E-state index contributed by atoms with van der Waals surface area (Å²) in [5, 5.41) is 3.06. The highest BCUT2D eigenvalue weighted by Crippen LogP contribution is 2.55. The van der Waals surface area contributed by atoms with E-state index in [0.29, 0.717) is 6.61 Å². The van der Waals surface area contributed by atoms with Gasteiger partial charge in [-0.2, -0.15) is 0 Å². The maximum absolute atomic E-state index is 14.9. The Balaban J connectivity index is 2.00. The molecule has 0 amide bonds.